The third kappa shape index (κ3) is 2.71. The molecule has 0 aromatic carbocycles. The van der Waals surface area contributed by atoms with Crippen molar-refractivity contribution in [3.05, 3.63) is 0 Å². The molecule has 1 saturated heterocycles. The fraction of sp³-hybridized carbons (Fsp3) is 0.667. The van der Waals surface area contributed by atoms with Gasteiger partial charge in [-0.3, -0.25) is 0 Å². The van der Waals surface area contributed by atoms with Gasteiger partial charge in [-0.25, -0.2) is 0 Å². The standard InChI is InChI=1S/C6H9NO.ClH/c1-2-3-8-6-4-7-5-6;/h1,6-7H,3-5H2;1H. The average molecular weight is 148 g/mol. The van der Waals surface area contributed by atoms with Gasteiger partial charge in [-0.1, -0.05) is 5.92 Å². The Bertz CT molecular complexity index is 106. The molecule has 1 aliphatic heterocycles. The molecule has 0 aromatic heterocycles. The van der Waals surface area contributed by atoms with Crippen molar-refractivity contribution in [2.24, 2.45) is 0 Å². The lowest BCUT2D eigenvalue weighted by molar-refractivity contribution is 0.0395. The van der Waals surface area contributed by atoms with Gasteiger partial charge in [0.25, 0.3) is 0 Å². The second-order valence-electron chi connectivity index (χ2n) is 1.80. The van der Waals surface area contributed by atoms with Crippen LogP contribution in [0.25, 0.3) is 0 Å². The highest BCUT2D eigenvalue weighted by Gasteiger charge is 2.15. The van der Waals surface area contributed by atoms with Crippen LogP contribution in [-0.2, 0) is 4.74 Å². The third-order valence-electron chi connectivity index (χ3n) is 1.15. The van der Waals surface area contributed by atoms with E-state index in [1.807, 2.05) is 0 Å². The summed E-state index contributed by atoms with van der Waals surface area (Å²) in [6, 6.07) is 0. The van der Waals surface area contributed by atoms with Crippen molar-refractivity contribution in [2.75, 3.05) is 19.7 Å². The molecule has 1 rings (SSSR count). The van der Waals surface area contributed by atoms with Crippen LogP contribution in [-0.4, -0.2) is 25.8 Å². The predicted octanol–water partition coefficient (Wildman–Crippen LogP) is 0.0298. The Kier molecular flexibility index (Phi) is 4.51. The molecule has 3 heteroatoms. The number of nitrogens with one attached hydrogen (secondary N) is 1. The van der Waals surface area contributed by atoms with Crippen molar-refractivity contribution in [1.29, 1.82) is 0 Å². The molecule has 1 fully saturated rings. The molecule has 0 amide bonds. The van der Waals surface area contributed by atoms with Gasteiger partial charge in [0.2, 0.25) is 0 Å². The predicted molar refractivity (Wildman–Crippen MR) is 38.7 cm³/mol. The minimum atomic E-state index is 0. The van der Waals surface area contributed by atoms with E-state index in [4.69, 9.17) is 11.2 Å². The zero-order chi connectivity index (χ0) is 5.82. The number of rotatable bonds is 2. The maximum absolute atomic E-state index is 5.13. The van der Waals surface area contributed by atoms with Crippen molar-refractivity contribution < 1.29 is 4.74 Å². The maximum atomic E-state index is 5.13. The van der Waals surface area contributed by atoms with Gasteiger partial charge in [-0.05, 0) is 0 Å². The quantitative estimate of drug-likeness (QED) is 0.557. The lowest BCUT2D eigenvalue weighted by Crippen LogP contribution is -2.48. The molecule has 1 aliphatic rings. The molecule has 0 unspecified atom stereocenters. The average Bonchev–Trinajstić information content (AvgIpc) is 1.63. The van der Waals surface area contributed by atoms with Crippen LogP contribution >= 0.6 is 12.4 Å². The molecule has 2 nitrogen and oxygen atoms in total. The van der Waals surface area contributed by atoms with Crippen LogP contribution < -0.4 is 5.32 Å². The van der Waals surface area contributed by atoms with E-state index < -0.39 is 0 Å². The molecular formula is C6H10ClNO. The molecule has 0 aliphatic carbocycles. The van der Waals surface area contributed by atoms with Gasteiger partial charge >= 0.3 is 0 Å². The number of hydrogen-bond acceptors (Lipinski definition) is 2. The summed E-state index contributed by atoms with van der Waals surface area (Å²) < 4.78 is 5.13. The molecule has 52 valence electrons. The first-order valence-electron chi connectivity index (χ1n) is 2.69. The number of hydrogen-bond donors (Lipinski definition) is 1. The van der Waals surface area contributed by atoms with Crippen molar-refractivity contribution >= 4 is 12.4 Å². The Morgan fingerprint density at radius 3 is 2.67 bits per heavy atom. The van der Waals surface area contributed by atoms with Crippen LogP contribution in [0.4, 0.5) is 0 Å². The fourth-order valence-electron chi connectivity index (χ4n) is 0.546. The van der Waals surface area contributed by atoms with E-state index >= 15 is 0 Å². The molecule has 0 radical (unpaired) electrons. The molecular weight excluding hydrogens is 138 g/mol. The monoisotopic (exact) mass is 147 g/mol. The highest BCUT2D eigenvalue weighted by Crippen LogP contribution is 1.95. The summed E-state index contributed by atoms with van der Waals surface area (Å²) in [5.74, 6) is 2.42. The highest BCUT2D eigenvalue weighted by molar-refractivity contribution is 5.85. The molecule has 0 saturated carbocycles. The van der Waals surface area contributed by atoms with Gasteiger partial charge in [-0.2, -0.15) is 0 Å². The number of ether oxygens (including phenoxy) is 1. The zero-order valence-electron chi connectivity index (χ0n) is 5.09. The summed E-state index contributed by atoms with van der Waals surface area (Å²) >= 11 is 0. The topological polar surface area (TPSA) is 21.3 Å². The number of terminal acetylenes is 1. The van der Waals surface area contributed by atoms with E-state index in [2.05, 4.69) is 11.2 Å². The van der Waals surface area contributed by atoms with E-state index in [1.165, 1.54) is 0 Å². The number of halogens is 1. The summed E-state index contributed by atoms with van der Waals surface area (Å²) in [5, 5.41) is 3.08. The van der Waals surface area contributed by atoms with Gasteiger partial charge in [0.15, 0.2) is 0 Å². The van der Waals surface area contributed by atoms with Crippen LogP contribution in [0.1, 0.15) is 0 Å². The minimum Gasteiger partial charge on any atom is -0.363 e. The first kappa shape index (κ1) is 8.77. The Balaban J connectivity index is 0.000000640. The highest BCUT2D eigenvalue weighted by atomic mass is 35.5. The molecule has 1 heterocycles. The molecule has 0 spiro atoms. The summed E-state index contributed by atoms with van der Waals surface area (Å²) in [5.41, 5.74) is 0. The summed E-state index contributed by atoms with van der Waals surface area (Å²) in [4.78, 5) is 0. The Morgan fingerprint density at radius 1 is 1.67 bits per heavy atom. The van der Waals surface area contributed by atoms with Crippen LogP contribution in [0.15, 0.2) is 0 Å². The Morgan fingerprint density at radius 2 is 2.33 bits per heavy atom. The van der Waals surface area contributed by atoms with E-state index in [1.54, 1.807) is 0 Å². The zero-order valence-corrected chi connectivity index (χ0v) is 5.91. The van der Waals surface area contributed by atoms with E-state index in [0.29, 0.717) is 12.7 Å². The van der Waals surface area contributed by atoms with Crippen molar-refractivity contribution in [3.8, 4) is 12.3 Å². The fourth-order valence-corrected chi connectivity index (χ4v) is 0.546. The Labute approximate surface area is 61.4 Å². The molecule has 0 atom stereocenters. The maximum Gasteiger partial charge on any atom is 0.107 e. The second kappa shape index (κ2) is 4.63. The van der Waals surface area contributed by atoms with Gasteiger partial charge in [0.1, 0.15) is 6.61 Å². The van der Waals surface area contributed by atoms with Gasteiger partial charge < -0.3 is 10.1 Å². The van der Waals surface area contributed by atoms with Crippen LogP contribution in [0.5, 0.6) is 0 Å². The van der Waals surface area contributed by atoms with E-state index in [0.717, 1.165) is 13.1 Å². The molecule has 0 bridgehead atoms. The van der Waals surface area contributed by atoms with Crippen molar-refractivity contribution in [1.82, 2.24) is 5.32 Å². The van der Waals surface area contributed by atoms with Gasteiger partial charge in [0.05, 0.1) is 6.10 Å². The van der Waals surface area contributed by atoms with Crippen LogP contribution in [0, 0.1) is 12.3 Å². The van der Waals surface area contributed by atoms with E-state index in [-0.39, 0.29) is 12.4 Å². The minimum absolute atomic E-state index is 0. The largest absolute Gasteiger partial charge is 0.363 e. The van der Waals surface area contributed by atoms with Gasteiger partial charge in [-0.15, -0.1) is 18.8 Å². The first-order valence-corrected chi connectivity index (χ1v) is 2.69. The lowest BCUT2D eigenvalue weighted by Gasteiger charge is -2.25. The molecule has 9 heavy (non-hydrogen) atoms. The van der Waals surface area contributed by atoms with Crippen LogP contribution in [0.3, 0.4) is 0 Å². The first-order chi connectivity index (χ1) is 3.93. The Hall–Kier alpha value is -0.230. The normalized spacial score (nSPS) is 17.2. The van der Waals surface area contributed by atoms with Gasteiger partial charge in [0, 0.05) is 13.1 Å². The van der Waals surface area contributed by atoms with Crippen LogP contribution in [0.2, 0.25) is 0 Å². The SMILES string of the molecule is C#CCOC1CNC1.Cl. The van der Waals surface area contributed by atoms with Crippen molar-refractivity contribution in [3.63, 3.8) is 0 Å². The summed E-state index contributed by atoms with van der Waals surface area (Å²) in [7, 11) is 0. The second-order valence-corrected chi connectivity index (χ2v) is 1.80. The lowest BCUT2D eigenvalue weighted by atomic mass is 10.2. The third-order valence-corrected chi connectivity index (χ3v) is 1.15. The van der Waals surface area contributed by atoms with E-state index in [9.17, 15) is 0 Å². The molecule has 0 aromatic rings. The molecule has 1 N–H and O–H groups in total. The smallest absolute Gasteiger partial charge is 0.107 e. The van der Waals surface area contributed by atoms with Crippen molar-refractivity contribution in [2.45, 2.75) is 6.10 Å². The summed E-state index contributed by atoms with van der Waals surface area (Å²) in [6.07, 6.45) is 5.34. The summed E-state index contributed by atoms with van der Waals surface area (Å²) in [6.45, 7) is 2.37.